The molecular weight excluding hydrogens is 284 g/mol. The number of sulfonamides is 1. The summed E-state index contributed by atoms with van der Waals surface area (Å²) in [4.78, 5) is 0.442. The fraction of sp³-hybridized carbons (Fsp3) is 0.417. The van der Waals surface area contributed by atoms with E-state index in [9.17, 15) is 8.42 Å². The van der Waals surface area contributed by atoms with E-state index in [-0.39, 0.29) is 23.0 Å². The van der Waals surface area contributed by atoms with Crippen LogP contribution in [0.2, 0.25) is 0 Å². The van der Waals surface area contributed by atoms with Crippen LogP contribution in [0.25, 0.3) is 0 Å². The fourth-order valence-corrected chi connectivity index (χ4v) is 3.56. The van der Waals surface area contributed by atoms with Gasteiger partial charge >= 0.3 is 0 Å². The Morgan fingerprint density at radius 1 is 1.47 bits per heavy atom. The van der Waals surface area contributed by atoms with Crippen molar-refractivity contribution in [3.63, 3.8) is 0 Å². The summed E-state index contributed by atoms with van der Waals surface area (Å²) in [6, 6.07) is 4.75. The molecule has 0 saturated carbocycles. The minimum atomic E-state index is -3.60. The van der Waals surface area contributed by atoms with Gasteiger partial charge in [0, 0.05) is 18.7 Å². The zero-order valence-corrected chi connectivity index (χ0v) is 12.6. The zero-order chi connectivity index (χ0) is 14.6. The molecule has 0 bridgehead atoms. The van der Waals surface area contributed by atoms with Crippen LogP contribution in [0.15, 0.2) is 23.1 Å². The molecule has 7 heteroatoms. The van der Waals surface area contributed by atoms with Crippen molar-refractivity contribution in [2.75, 3.05) is 19.7 Å². The second kappa shape index (κ2) is 6.42. The van der Waals surface area contributed by atoms with Crippen LogP contribution in [-0.4, -0.2) is 42.5 Å². The topological polar surface area (TPSA) is 83.6 Å². The van der Waals surface area contributed by atoms with E-state index in [4.69, 9.17) is 23.1 Å². The van der Waals surface area contributed by atoms with Gasteiger partial charge in [0.05, 0.1) is 11.5 Å². The first kappa shape index (κ1) is 16.0. The fourth-order valence-electron chi connectivity index (χ4n) is 1.79. The van der Waals surface area contributed by atoms with Crippen molar-refractivity contribution in [3.8, 4) is 0 Å². The molecule has 0 unspecified atom stereocenters. The van der Waals surface area contributed by atoms with Crippen LogP contribution in [0.4, 0.5) is 0 Å². The number of hydrogen-bond donors (Lipinski definition) is 2. The van der Waals surface area contributed by atoms with E-state index in [1.807, 2.05) is 0 Å². The van der Waals surface area contributed by atoms with E-state index in [0.717, 1.165) is 0 Å². The summed E-state index contributed by atoms with van der Waals surface area (Å²) in [6.07, 6.45) is 0. The number of benzene rings is 1. The smallest absolute Gasteiger partial charge is 0.243 e. The molecule has 0 saturated heterocycles. The normalized spacial score (nSPS) is 11.8. The van der Waals surface area contributed by atoms with Crippen LogP contribution < -0.4 is 5.73 Å². The second-order valence-corrected chi connectivity index (χ2v) is 6.41. The summed E-state index contributed by atoms with van der Waals surface area (Å²) in [6.45, 7) is 3.60. The zero-order valence-electron chi connectivity index (χ0n) is 11.0. The Morgan fingerprint density at radius 2 is 2.11 bits per heavy atom. The number of aliphatic hydroxyl groups excluding tert-OH is 1. The van der Waals surface area contributed by atoms with Crippen LogP contribution in [0.1, 0.15) is 18.1 Å². The minimum absolute atomic E-state index is 0.0787. The third-order valence-electron chi connectivity index (χ3n) is 2.78. The summed E-state index contributed by atoms with van der Waals surface area (Å²) in [5.74, 6) is 0. The molecule has 0 heterocycles. The predicted molar refractivity (Wildman–Crippen MR) is 78.6 cm³/mol. The average Bonchev–Trinajstić information content (AvgIpc) is 2.35. The second-order valence-electron chi connectivity index (χ2n) is 4.06. The van der Waals surface area contributed by atoms with Crippen LogP contribution >= 0.6 is 12.2 Å². The molecule has 0 aliphatic rings. The van der Waals surface area contributed by atoms with Gasteiger partial charge in [-0.15, -0.1) is 0 Å². The number of nitrogens with two attached hydrogens (primary N) is 1. The van der Waals surface area contributed by atoms with E-state index < -0.39 is 10.0 Å². The molecule has 1 rings (SSSR count). The number of likely N-dealkylation sites (N-methyl/N-ethyl adjacent to an activating group) is 1. The maximum absolute atomic E-state index is 12.4. The lowest BCUT2D eigenvalue weighted by Crippen LogP contribution is -2.33. The molecule has 3 N–H and O–H groups in total. The number of aryl methyl sites for hydroxylation is 1. The maximum Gasteiger partial charge on any atom is 0.243 e. The lowest BCUT2D eigenvalue weighted by molar-refractivity contribution is 0.257. The van der Waals surface area contributed by atoms with Gasteiger partial charge in [0.25, 0.3) is 0 Å². The molecule has 1 aromatic rings. The van der Waals surface area contributed by atoms with Crippen molar-refractivity contribution in [1.29, 1.82) is 0 Å². The molecule has 0 aliphatic carbocycles. The van der Waals surface area contributed by atoms with E-state index >= 15 is 0 Å². The van der Waals surface area contributed by atoms with Crippen molar-refractivity contribution in [2.45, 2.75) is 18.7 Å². The number of nitrogens with zero attached hydrogens (tertiary/aromatic N) is 1. The summed E-state index contributed by atoms with van der Waals surface area (Å²) >= 11 is 4.86. The highest BCUT2D eigenvalue weighted by atomic mass is 32.2. The summed E-state index contributed by atoms with van der Waals surface area (Å²) < 4.78 is 26.0. The molecular formula is C12H18N2O3S2. The van der Waals surface area contributed by atoms with Gasteiger partial charge in [0.2, 0.25) is 10.0 Å². The Bertz CT molecular complexity index is 570. The lowest BCUT2D eigenvalue weighted by Gasteiger charge is -2.20. The van der Waals surface area contributed by atoms with Crippen molar-refractivity contribution >= 4 is 27.2 Å². The number of hydrogen-bond acceptors (Lipinski definition) is 4. The van der Waals surface area contributed by atoms with Gasteiger partial charge in [-0.2, -0.15) is 4.31 Å². The SMILES string of the molecule is CCN(CCO)S(=O)(=O)c1ccc(C(N)=S)cc1C. The molecule has 0 spiro atoms. The molecule has 0 atom stereocenters. The molecule has 0 radical (unpaired) electrons. The third kappa shape index (κ3) is 3.50. The number of aliphatic hydroxyl groups is 1. The lowest BCUT2D eigenvalue weighted by atomic mass is 10.1. The van der Waals surface area contributed by atoms with Gasteiger partial charge < -0.3 is 10.8 Å². The first-order valence-electron chi connectivity index (χ1n) is 5.86. The van der Waals surface area contributed by atoms with Crippen molar-refractivity contribution in [3.05, 3.63) is 29.3 Å². The molecule has 0 aliphatic heterocycles. The van der Waals surface area contributed by atoms with Gasteiger partial charge in [0.15, 0.2) is 0 Å². The Labute approximate surface area is 119 Å². The van der Waals surface area contributed by atoms with Gasteiger partial charge in [-0.05, 0) is 24.6 Å². The van der Waals surface area contributed by atoms with Gasteiger partial charge in [-0.1, -0.05) is 25.2 Å². The van der Waals surface area contributed by atoms with Gasteiger partial charge in [-0.25, -0.2) is 8.42 Å². The highest BCUT2D eigenvalue weighted by Gasteiger charge is 2.24. The third-order valence-corrected chi connectivity index (χ3v) is 5.15. The molecule has 0 aromatic heterocycles. The minimum Gasteiger partial charge on any atom is -0.395 e. The number of thiocarbonyl (C=S) groups is 1. The molecule has 0 fully saturated rings. The van der Waals surface area contributed by atoms with E-state index in [1.54, 1.807) is 26.0 Å². The average molecular weight is 302 g/mol. The van der Waals surface area contributed by atoms with Crippen LogP contribution in [0, 0.1) is 6.92 Å². The predicted octanol–water partition coefficient (Wildman–Crippen LogP) is 0.632. The van der Waals surface area contributed by atoms with Crippen LogP contribution in [0.3, 0.4) is 0 Å². The Hall–Kier alpha value is -1.02. The van der Waals surface area contributed by atoms with E-state index in [0.29, 0.717) is 17.7 Å². The molecule has 106 valence electrons. The first-order chi connectivity index (χ1) is 8.84. The molecule has 19 heavy (non-hydrogen) atoms. The highest BCUT2D eigenvalue weighted by Crippen LogP contribution is 2.20. The van der Waals surface area contributed by atoms with E-state index in [1.165, 1.54) is 10.4 Å². The summed E-state index contributed by atoms with van der Waals surface area (Å²) in [5, 5.41) is 8.92. The highest BCUT2D eigenvalue weighted by molar-refractivity contribution is 7.89. The monoisotopic (exact) mass is 302 g/mol. The largest absolute Gasteiger partial charge is 0.395 e. The summed E-state index contributed by atoms with van der Waals surface area (Å²) in [5.41, 5.74) is 6.73. The molecule has 0 amide bonds. The van der Waals surface area contributed by atoms with Crippen LogP contribution in [0.5, 0.6) is 0 Å². The summed E-state index contributed by atoms with van der Waals surface area (Å²) in [7, 11) is -3.60. The molecule has 5 nitrogen and oxygen atoms in total. The standard InChI is InChI=1S/C12H18N2O3S2/c1-3-14(6-7-15)19(16,17)11-5-4-10(12(13)18)8-9(11)2/h4-5,8,15H,3,6-7H2,1-2H3,(H2,13,18). The van der Waals surface area contributed by atoms with Gasteiger partial charge in [0.1, 0.15) is 4.99 Å². The van der Waals surface area contributed by atoms with Crippen LogP contribution in [-0.2, 0) is 10.0 Å². The number of rotatable bonds is 6. The Morgan fingerprint density at radius 3 is 2.53 bits per heavy atom. The van der Waals surface area contributed by atoms with Crippen molar-refractivity contribution in [1.82, 2.24) is 4.31 Å². The quantitative estimate of drug-likeness (QED) is 0.753. The van der Waals surface area contributed by atoms with Gasteiger partial charge in [-0.3, -0.25) is 0 Å². The maximum atomic E-state index is 12.4. The Kier molecular flexibility index (Phi) is 5.42. The first-order valence-corrected chi connectivity index (χ1v) is 7.70. The van der Waals surface area contributed by atoms with Crippen molar-refractivity contribution < 1.29 is 13.5 Å². The van der Waals surface area contributed by atoms with E-state index in [2.05, 4.69) is 0 Å². The van der Waals surface area contributed by atoms with Crippen molar-refractivity contribution in [2.24, 2.45) is 5.73 Å². The molecule has 1 aromatic carbocycles. The Balaban J connectivity index is 3.25.